The number of nitrogens with two attached hydrogens (primary N) is 1. The second kappa shape index (κ2) is 17.8. The molecule has 0 fully saturated rings. The van der Waals surface area contributed by atoms with Crippen LogP contribution in [0.2, 0.25) is 0 Å². The van der Waals surface area contributed by atoms with E-state index in [0.717, 1.165) is 45.5 Å². The topological polar surface area (TPSA) is 157 Å². The maximum atomic E-state index is 13.5. The molecule has 1 heterocycles. The first-order valence-electron chi connectivity index (χ1n) is 14.9. The summed E-state index contributed by atoms with van der Waals surface area (Å²) >= 11 is 0. The summed E-state index contributed by atoms with van der Waals surface area (Å²) in [6.07, 6.45) is 10.8. The van der Waals surface area contributed by atoms with Crippen LogP contribution in [0.1, 0.15) is 84.1 Å². The van der Waals surface area contributed by atoms with Gasteiger partial charge < -0.3 is 30.5 Å². The Morgan fingerprint density at radius 3 is 2.05 bits per heavy atom. The number of H-pyrrole nitrogens is 1. The molecule has 42 heavy (non-hydrogen) atoms. The first-order valence-corrected chi connectivity index (χ1v) is 14.9. The van der Waals surface area contributed by atoms with Crippen molar-refractivity contribution in [1.29, 1.82) is 0 Å². The molecule has 2 aromatic rings. The van der Waals surface area contributed by atoms with Gasteiger partial charge in [0.1, 0.15) is 19.6 Å². The summed E-state index contributed by atoms with van der Waals surface area (Å²) in [5, 5.41) is 10.1. The Kier molecular flexibility index (Phi) is 14.6. The smallest absolute Gasteiger partial charge is 0.323 e. The van der Waals surface area contributed by atoms with Gasteiger partial charge in [0.05, 0.1) is 6.54 Å². The monoisotopic (exact) mass is 585 g/mol. The van der Waals surface area contributed by atoms with Gasteiger partial charge in [-0.2, -0.15) is 0 Å². The number of fused-ring (bicyclic) bond motifs is 1. The molecule has 0 saturated heterocycles. The van der Waals surface area contributed by atoms with Crippen LogP contribution in [-0.2, 0) is 30.5 Å². The molecule has 1 aromatic carbocycles. The fourth-order valence-corrected chi connectivity index (χ4v) is 4.91. The summed E-state index contributed by atoms with van der Waals surface area (Å²) < 4.78 is 0. The standard InChI is InChI=1S/C31H47N5O6/c1-4-5-6-7-8-9-10-11-16-28(38)34(18-24-17-33-26-15-13-12-14-25(24)26)20-29(39)35(19-27(32)37)21-30(40)36(23(2)3)22-31(41)42/h12-15,17,23,33H,4-11,16,18-22H2,1-3H3,(H2,32,37)(H,41,42). The number of hydrogen-bond donors (Lipinski definition) is 3. The summed E-state index contributed by atoms with van der Waals surface area (Å²) in [4.78, 5) is 69.7. The SMILES string of the molecule is CCCCCCCCCCC(=O)N(CC(=O)N(CC(N)=O)CC(=O)N(CC(=O)O)C(C)C)Cc1c[nH]c2ccccc12. The largest absolute Gasteiger partial charge is 0.480 e. The number of nitrogens with one attached hydrogen (secondary N) is 1. The summed E-state index contributed by atoms with van der Waals surface area (Å²) in [6, 6.07) is 7.22. The highest BCUT2D eigenvalue weighted by atomic mass is 16.4. The second-order valence-electron chi connectivity index (χ2n) is 11.1. The lowest BCUT2D eigenvalue weighted by molar-refractivity contribution is -0.149. The molecule has 0 aliphatic rings. The van der Waals surface area contributed by atoms with Crippen molar-refractivity contribution >= 4 is 40.5 Å². The second-order valence-corrected chi connectivity index (χ2v) is 11.1. The van der Waals surface area contributed by atoms with Crippen LogP contribution >= 0.6 is 0 Å². The van der Waals surface area contributed by atoms with Gasteiger partial charge in [-0.1, -0.05) is 70.1 Å². The molecule has 11 heteroatoms. The number of carbonyl (C=O) groups excluding carboxylic acids is 4. The molecule has 4 amide bonds. The van der Waals surface area contributed by atoms with Crippen molar-refractivity contribution in [2.45, 2.75) is 91.1 Å². The lowest BCUT2D eigenvalue weighted by Gasteiger charge is -2.30. The van der Waals surface area contributed by atoms with E-state index < -0.39 is 49.4 Å². The van der Waals surface area contributed by atoms with Crippen LogP contribution in [0.5, 0.6) is 0 Å². The van der Waals surface area contributed by atoms with Crippen LogP contribution in [0, 0.1) is 0 Å². The average Bonchev–Trinajstić information content (AvgIpc) is 3.34. The number of hydrogen-bond acceptors (Lipinski definition) is 5. The zero-order chi connectivity index (χ0) is 31.1. The zero-order valence-electron chi connectivity index (χ0n) is 25.3. The minimum Gasteiger partial charge on any atom is -0.480 e. The van der Waals surface area contributed by atoms with Gasteiger partial charge in [-0.3, -0.25) is 24.0 Å². The highest BCUT2D eigenvalue weighted by Crippen LogP contribution is 2.20. The number of carboxylic acids is 1. The third-order valence-corrected chi connectivity index (χ3v) is 7.23. The van der Waals surface area contributed by atoms with Gasteiger partial charge in [0.2, 0.25) is 23.6 Å². The molecule has 0 aliphatic carbocycles. The summed E-state index contributed by atoms with van der Waals surface area (Å²) in [6.45, 7) is 3.72. The number of nitrogens with zero attached hydrogens (tertiary/aromatic N) is 3. The molecular formula is C31H47N5O6. The van der Waals surface area contributed by atoms with E-state index in [1.807, 2.05) is 30.5 Å². The molecule has 0 atom stereocenters. The normalized spacial score (nSPS) is 11.0. The molecule has 0 spiro atoms. The van der Waals surface area contributed by atoms with Crippen LogP contribution < -0.4 is 5.73 Å². The van der Waals surface area contributed by atoms with E-state index in [0.29, 0.717) is 6.42 Å². The third kappa shape index (κ3) is 11.5. The molecule has 0 bridgehead atoms. The fourth-order valence-electron chi connectivity index (χ4n) is 4.91. The first kappa shape index (κ1) is 34.3. The Bertz CT molecular complexity index is 1190. The van der Waals surface area contributed by atoms with Crippen LogP contribution in [0.15, 0.2) is 30.5 Å². The summed E-state index contributed by atoms with van der Waals surface area (Å²) in [7, 11) is 0. The predicted octanol–water partition coefficient (Wildman–Crippen LogP) is 3.66. The number of aromatic amines is 1. The molecule has 4 N–H and O–H groups in total. The number of amides is 4. The van der Waals surface area contributed by atoms with Gasteiger partial charge >= 0.3 is 5.97 Å². The Morgan fingerprint density at radius 2 is 1.43 bits per heavy atom. The molecular weight excluding hydrogens is 538 g/mol. The number of carbonyl (C=O) groups is 5. The number of para-hydroxylation sites is 1. The van der Waals surface area contributed by atoms with E-state index in [1.165, 1.54) is 30.6 Å². The maximum absolute atomic E-state index is 13.5. The highest BCUT2D eigenvalue weighted by molar-refractivity contribution is 5.92. The van der Waals surface area contributed by atoms with Gasteiger partial charge in [0.15, 0.2) is 0 Å². The molecule has 0 radical (unpaired) electrons. The van der Waals surface area contributed by atoms with Gasteiger partial charge in [0, 0.05) is 36.1 Å². The zero-order valence-corrected chi connectivity index (χ0v) is 25.3. The van der Waals surface area contributed by atoms with Crippen LogP contribution in [-0.4, -0.2) is 86.6 Å². The van der Waals surface area contributed by atoms with Crippen molar-refractivity contribution < 1.29 is 29.1 Å². The lowest BCUT2D eigenvalue weighted by Crippen LogP contribution is -2.51. The number of benzene rings is 1. The molecule has 0 aliphatic heterocycles. The van der Waals surface area contributed by atoms with E-state index >= 15 is 0 Å². The molecule has 11 nitrogen and oxygen atoms in total. The fraction of sp³-hybridized carbons (Fsp3) is 0.581. The van der Waals surface area contributed by atoms with Crippen molar-refractivity contribution in [3.05, 3.63) is 36.0 Å². The molecule has 0 unspecified atom stereocenters. The van der Waals surface area contributed by atoms with Crippen LogP contribution in [0.3, 0.4) is 0 Å². The Morgan fingerprint density at radius 1 is 0.810 bits per heavy atom. The van der Waals surface area contributed by atoms with Crippen molar-refractivity contribution in [3.63, 3.8) is 0 Å². The van der Waals surface area contributed by atoms with Gasteiger partial charge in [-0.15, -0.1) is 0 Å². The molecule has 2 rings (SSSR count). The predicted molar refractivity (Wildman–Crippen MR) is 161 cm³/mol. The highest BCUT2D eigenvalue weighted by Gasteiger charge is 2.28. The number of primary amides is 1. The third-order valence-electron chi connectivity index (χ3n) is 7.23. The Labute approximate surface area is 248 Å². The summed E-state index contributed by atoms with van der Waals surface area (Å²) in [5.74, 6) is -3.46. The minimum absolute atomic E-state index is 0.168. The van der Waals surface area contributed by atoms with E-state index in [1.54, 1.807) is 13.8 Å². The van der Waals surface area contributed by atoms with Crippen LogP contribution in [0.4, 0.5) is 0 Å². The van der Waals surface area contributed by atoms with E-state index in [2.05, 4.69) is 11.9 Å². The van der Waals surface area contributed by atoms with Crippen molar-refractivity contribution in [2.24, 2.45) is 5.73 Å². The average molecular weight is 586 g/mol. The Hall–Kier alpha value is -3.89. The maximum Gasteiger partial charge on any atom is 0.323 e. The number of rotatable bonds is 20. The lowest BCUT2D eigenvalue weighted by atomic mass is 10.1. The first-order chi connectivity index (χ1) is 20.0. The van der Waals surface area contributed by atoms with Crippen LogP contribution in [0.25, 0.3) is 10.9 Å². The van der Waals surface area contributed by atoms with Crippen molar-refractivity contribution in [2.75, 3.05) is 26.2 Å². The van der Waals surface area contributed by atoms with Gasteiger partial charge in [-0.05, 0) is 31.9 Å². The molecule has 1 aromatic heterocycles. The van der Waals surface area contributed by atoms with Gasteiger partial charge in [-0.25, -0.2) is 0 Å². The number of unbranched alkanes of at least 4 members (excludes halogenated alkanes) is 7. The Balaban J connectivity index is 2.16. The number of aromatic nitrogens is 1. The van der Waals surface area contributed by atoms with E-state index in [-0.39, 0.29) is 25.4 Å². The van der Waals surface area contributed by atoms with Crippen molar-refractivity contribution in [3.8, 4) is 0 Å². The quantitative estimate of drug-likeness (QED) is 0.201. The molecule has 0 saturated carbocycles. The van der Waals surface area contributed by atoms with Crippen molar-refractivity contribution in [1.82, 2.24) is 19.7 Å². The minimum atomic E-state index is -1.19. The molecule has 232 valence electrons. The van der Waals surface area contributed by atoms with E-state index in [9.17, 15) is 29.1 Å². The van der Waals surface area contributed by atoms with E-state index in [4.69, 9.17) is 5.73 Å². The number of carboxylic acid groups (broad SMARTS) is 1. The number of aliphatic carboxylic acids is 1. The summed E-state index contributed by atoms with van der Waals surface area (Å²) in [5.41, 5.74) is 7.13. The van der Waals surface area contributed by atoms with Gasteiger partial charge in [0.25, 0.3) is 0 Å².